The summed E-state index contributed by atoms with van der Waals surface area (Å²) in [5.41, 5.74) is 12.6. The Balaban J connectivity index is 2.34. The lowest BCUT2D eigenvalue weighted by atomic mass is 10.0. The molecule has 1 aliphatic rings. The predicted molar refractivity (Wildman–Crippen MR) is 71.4 cm³/mol. The van der Waals surface area contributed by atoms with Gasteiger partial charge in [-0.05, 0) is 30.5 Å². The van der Waals surface area contributed by atoms with Gasteiger partial charge >= 0.3 is 0 Å². The van der Waals surface area contributed by atoms with Gasteiger partial charge in [0.05, 0.1) is 18.2 Å². The Bertz CT molecular complexity index is 462. The van der Waals surface area contributed by atoms with Crippen LogP contribution in [-0.4, -0.2) is 30.2 Å². The van der Waals surface area contributed by atoms with Gasteiger partial charge in [0.1, 0.15) is 0 Å². The molecule has 1 aliphatic heterocycles. The van der Waals surface area contributed by atoms with Crippen LogP contribution in [0.2, 0.25) is 0 Å². The van der Waals surface area contributed by atoms with Crippen LogP contribution >= 0.6 is 0 Å². The zero-order chi connectivity index (χ0) is 13.3. The third-order valence-electron chi connectivity index (χ3n) is 3.70. The first-order valence-electron chi connectivity index (χ1n) is 6.11. The molecule has 0 spiro atoms. The van der Waals surface area contributed by atoms with Crippen LogP contribution in [0, 0.1) is 5.92 Å². The molecule has 1 saturated heterocycles. The highest BCUT2D eigenvalue weighted by Gasteiger charge is 2.30. The summed E-state index contributed by atoms with van der Waals surface area (Å²) in [4.78, 5) is 13.4. The van der Waals surface area contributed by atoms with Crippen LogP contribution in [0.25, 0.3) is 0 Å². The van der Waals surface area contributed by atoms with Gasteiger partial charge in [0, 0.05) is 17.9 Å². The quantitative estimate of drug-likeness (QED) is 0.683. The first-order valence-corrected chi connectivity index (χ1v) is 6.11. The van der Waals surface area contributed by atoms with Crippen molar-refractivity contribution in [2.45, 2.75) is 19.4 Å². The van der Waals surface area contributed by atoms with Crippen LogP contribution in [-0.2, 0) is 0 Å². The number of anilines is 2. The van der Waals surface area contributed by atoms with Gasteiger partial charge in [0.15, 0.2) is 0 Å². The first-order chi connectivity index (χ1) is 8.54. The first kappa shape index (κ1) is 12.7. The Morgan fingerprint density at radius 3 is 2.89 bits per heavy atom. The van der Waals surface area contributed by atoms with Crippen LogP contribution in [0.1, 0.15) is 23.7 Å². The molecule has 0 aromatic heterocycles. The molecule has 18 heavy (non-hydrogen) atoms. The second kappa shape index (κ2) is 4.86. The zero-order valence-electron chi connectivity index (χ0n) is 10.5. The van der Waals surface area contributed by atoms with Gasteiger partial charge in [-0.2, -0.15) is 0 Å². The summed E-state index contributed by atoms with van der Waals surface area (Å²) in [6.45, 7) is 3.10. The van der Waals surface area contributed by atoms with Crippen LogP contribution < -0.4 is 16.4 Å². The van der Waals surface area contributed by atoms with Crippen molar-refractivity contribution in [3.8, 4) is 0 Å². The van der Waals surface area contributed by atoms with E-state index in [0.717, 1.165) is 18.7 Å². The molecule has 5 heteroatoms. The number of nitrogens with zero attached hydrogens (tertiary/aromatic N) is 1. The third kappa shape index (κ3) is 2.13. The number of primary amides is 1. The van der Waals surface area contributed by atoms with E-state index in [0.29, 0.717) is 17.2 Å². The van der Waals surface area contributed by atoms with Gasteiger partial charge in [0.25, 0.3) is 5.91 Å². The minimum Gasteiger partial charge on any atom is -0.398 e. The van der Waals surface area contributed by atoms with Crippen molar-refractivity contribution in [3.63, 3.8) is 0 Å². The Morgan fingerprint density at radius 1 is 1.56 bits per heavy atom. The second-order valence-corrected chi connectivity index (χ2v) is 4.85. The SMILES string of the molecule is CC1CCN(c2ccc(N)c(C(N)=O)c2)C1CO. The molecule has 5 nitrogen and oxygen atoms in total. The number of carbonyl (C=O) groups excluding carboxylic acids is 1. The summed E-state index contributed by atoms with van der Waals surface area (Å²) >= 11 is 0. The molecule has 0 radical (unpaired) electrons. The van der Waals surface area contributed by atoms with E-state index in [4.69, 9.17) is 11.5 Å². The smallest absolute Gasteiger partial charge is 0.250 e. The molecule has 0 aliphatic carbocycles. The van der Waals surface area contributed by atoms with E-state index in [1.165, 1.54) is 0 Å². The molecular formula is C13H19N3O2. The molecule has 2 atom stereocenters. The maximum atomic E-state index is 11.3. The Hall–Kier alpha value is -1.75. The molecule has 1 amide bonds. The highest BCUT2D eigenvalue weighted by molar-refractivity contribution is 5.99. The van der Waals surface area contributed by atoms with Crippen LogP contribution in [0.15, 0.2) is 18.2 Å². The van der Waals surface area contributed by atoms with Crippen LogP contribution in [0.4, 0.5) is 11.4 Å². The molecule has 2 rings (SSSR count). The van der Waals surface area contributed by atoms with Gasteiger partial charge in [0.2, 0.25) is 0 Å². The summed E-state index contributed by atoms with van der Waals surface area (Å²) < 4.78 is 0. The number of nitrogens with two attached hydrogens (primary N) is 2. The van der Waals surface area contributed by atoms with E-state index < -0.39 is 5.91 Å². The van der Waals surface area contributed by atoms with E-state index in [2.05, 4.69) is 11.8 Å². The number of rotatable bonds is 3. The number of aliphatic hydroxyl groups excluding tert-OH is 1. The number of benzene rings is 1. The average molecular weight is 249 g/mol. The van der Waals surface area contributed by atoms with E-state index in [-0.39, 0.29) is 12.6 Å². The zero-order valence-corrected chi connectivity index (χ0v) is 10.5. The normalized spacial score (nSPS) is 23.3. The number of carbonyl (C=O) groups is 1. The highest BCUT2D eigenvalue weighted by Crippen LogP contribution is 2.31. The summed E-state index contributed by atoms with van der Waals surface area (Å²) in [5.74, 6) is -0.0910. The minimum atomic E-state index is -0.526. The topological polar surface area (TPSA) is 92.6 Å². The number of aliphatic hydroxyl groups is 1. The molecule has 98 valence electrons. The lowest BCUT2D eigenvalue weighted by Crippen LogP contribution is -2.35. The molecule has 1 fully saturated rings. The third-order valence-corrected chi connectivity index (χ3v) is 3.70. The van der Waals surface area contributed by atoms with Gasteiger partial charge < -0.3 is 21.5 Å². The number of amides is 1. The molecule has 1 aromatic carbocycles. The highest BCUT2D eigenvalue weighted by atomic mass is 16.3. The van der Waals surface area contributed by atoms with Crippen molar-refractivity contribution in [1.29, 1.82) is 0 Å². The Labute approximate surface area is 106 Å². The molecule has 0 bridgehead atoms. The predicted octanol–water partition coefficient (Wildman–Crippen LogP) is 0.575. The Kier molecular flexibility index (Phi) is 3.43. The number of hydrogen-bond donors (Lipinski definition) is 3. The van der Waals surface area contributed by atoms with E-state index in [1.807, 2.05) is 6.07 Å². The van der Waals surface area contributed by atoms with Crippen molar-refractivity contribution in [2.24, 2.45) is 11.7 Å². The van der Waals surface area contributed by atoms with Crippen molar-refractivity contribution >= 4 is 17.3 Å². The molecule has 1 heterocycles. The average Bonchev–Trinajstić information content (AvgIpc) is 2.70. The molecule has 2 unspecified atom stereocenters. The lowest BCUT2D eigenvalue weighted by molar-refractivity contribution is 0.100. The van der Waals surface area contributed by atoms with E-state index in [9.17, 15) is 9.90 Å². The number of nitrogen functional groups attached to an aromatic ring is 1. The van der Waals surface area contributed by atoms with Gasteiger partial charge in [-0.15, -0.1) is 0 Å². The number of hydrogen-bond acceptors (Lipinski definition) is 4. The summed E-state index contributed by atoms with van der Waals surface area (Å²) in [6, 6.07) is 5.35. The summed E-state index contributed by atoms with van der Waals surface area (Å²) in [7, 11) is 0. The molecular weight excluding hydrogens is 230 g/mol. The minimum absolute atomic E-state index is 0.0920. The summed E-state index contributed by atoms with van der Waals surface area (Å²) in [5, 5.41) is 9.44. The van der Waals surface area contributed by atoms with Crippen molar-refractivity contribution in [3.05, 3.63) is 23.8 Å². The molecule has 1 aromatic rings. The largest absolute Gasteiger partial charge is 0.398 e. The monoisotopic (exact) mass is 249 g/mol. The van der Waals surface area contributed by atoms with Crippen molar-refractivity contribution in [1.82, 2.24) is 0 Å². The fourth-order valence-electron chi connectivity index (χ4n) is 2.54. The van der Waals surface area contributed by atoms with Gasteiger partial charge in [-0.25, -0.2) is 0 Å². The maximum absolute atomic E-state index is 11.3. The molecule has 5 N–H and O–H groups in total. The standard InChI is InChI=1S/C13H19N3O2/c1-8-4-5-16(12(8)7-17)9-2-3-11(14)10(6-9)13(15)18/h2-3,6,8,12,17H,4-5,7,14H2,1H3,(H2,15,18). The maximum Gasteiger partial charge on any atom is 0.250 e. The fraction of sp³-hybridized carbons (Fsp3) is 0.462. The van der Waals surface area contributed by atoms with Gasteiger partial charge in [-0.1, -0.05) is 6.92 Å². The molecule has 0 saturated carbocycles. The summed E-state index contributed by atoms with van der Waals surface area (Å²) in [6.07, 6.45) is 1.03. The van der Waals surface area contributed by atoms with Crippen LogP contribution in [0.5, 0.6) is 0 Å². The Morgan fingerprint density at radius 2 is 2.28 bits per heavy atom. The van der Waals surface area contributed by atoms with E-state index in [1.54, 1.807) is 12.1 Å². The second-order valence-electron chi connectivity index (χ2n) is 4.85. The van der Waals surface area contributed by atoms with Crippen molar-refractivity contribution < 1.29 is 9.90 Å². The van der Waals surface area contributed by atoms with E-state index >= 15 is 0 Å². The van der Waals surface area contributed by atoms with Crippen molar-refractivity contribution in [2.75, 3.05) is 23.8 Å². The fourth-order valence-corrected chi connectivity index (χ4v) is 2.54. The lowest BCUT2D eigenvalue weighted by Gasteiger charge is -2.27. The van der Waals surface area contributed by atoms with Gasteiger partial charge in [-0.3, -0.25) is 4.79 Å². The van der Waals surface area contributed by atoms with Crippen LogP contribution in [0.3, 0.4) is 0 Å².